The lowest BCUT2D eigenvalue weighted by atomic mass is 10.1. The van der Waals surface area contributed by atoms with Crippen LogP contribution in [0.25, 0.3) is 11.0 Å². The van der Waals surface area contributed by atoms with Crippen LogP contribution in [-0.4, -0.2) is 24.5 Å². The van der Waals surface area contributed by atoms with Gasteiger partial charge in [-0.15, -0.1) is 0 Å². The number of ether oxygens (including phenoxy) is 2. The summed E-state index contributed by atoms with van der Waals surface area (Å²) in [4.78, 5) is 34.6. The van der Waals surface area contributed by atoms with Gasteiger partial charge < -0.3 is 19.2 Å². The zero-order valence-corrected chi connectivity index (χ0v) is 16.9. The number of nitro benzene ring substituents is 1. The van der Waals surface area contributed by atoms with Crippen LogP contribution < -0.4 is 20.4 Å². The molecule has 0 atom stereocenters. The molecule has 0 aliphatic carbocycles. The van der Waals surface area contributed by atoms with Crippen LogP contribution in [0.15, 0.2) is 39.5 Å². The Morgan fingerprint density at radius 3 is 2.53 bits per heavy atom. The first-order valence-corrected chi connectivity index (χ1v) is 9.01. The number of aryl methyl sites for hydroxylation is 3. The average molecular weight is 412 g/mol. The molecule has 0 saturated carbocycles. The number of carbonyl (C=O) groups excluding carboxylic acids is 1. The maximum absolute atomic E-state index is 12.4. The second-order valence-corrected chi connectivity index (χ2v) is 6.75. The monoisotopic (exact) mass is 412 g/mol. The topological polar surface area (TPSA) is 121 Å². The summed E-state index contributed by atoms with van der Waals surface area (Å²) < 4.78 is 15.9. The van der Waals surface area contributed by atoms with Gasteiger partial charge in [-0.3, -0.25) is 14.9 Å². The smallest absolute Gasteiger partial charge is 0.336 e. The lowest BCUT2D eigenvalue weighted by molar-refractivity contribution is -0.385. The van der Waals surface area contributed by atoms with Gasteiger partial charge in [-0.05, 0) is 44.0 Å². The largest absolute Gasteiger partial charge is 0.490 e. The first-order valence-electron chi connectivity index (χ1n) is 9.01. The molecule has 1 heterocycles. The highest BCUT2D eigenvalue weighted by Gasteiger charge is 2.19. The lowest BCUT2D eigenvalue weighted by Gasteiger charge is -2.13. The second kappa shape index (κ2) is 8.24. The molecule has 1 amide bonds. The van der Waals surface area contributed by atoms with Crippen molar-refractivity contribution in [3.05, 3.63) is 67.6 Å². The summed E-state index contributed by atoms with van der Waals surface area (Å²) >= 11 is 0. The molecule has 0 bridgehead atoms. The fourth-order valence-corrected chi connectivity index (χ4v) is 3.10. The van der Waals surface area contributed by atoms with Crippen LogP contribution in [0.2, 0.25) is 0 Å². The molecular formula is C21H20N2O7. The van der Waals surface area contributed by atoms with Crippen molar-refractivity contribution in [3.63, 3.8) is 0 Å². The molecule has 0 fully saturated rings. The van der Waals surface area contributed by atoms with Crippen molar-refractivity contribution in [1.29, 1.82) is 0 Å². The van der Waals surface area contributed by atoms with Crippen molar-refractivity contribution < 1.29 is 23.6 Å². The van der Waals surface area contributed by atoms with Crippen LogP contribution in [0, 0.1) is 30.9 Å². The number of anilines is 1. The van der Waals surface area contributed by atoms with E-state index in [1.165, 1.54) is 25.3 Å². The molecule has 0 aliphatic heterocycles. The van der Waals surface area contributed by atoms with E-state index in [4.69, 9.17) is 13.9 Å². The van der Waals surface area contributed by atoms with Crippen LogP contribution in [0.4, 0.5) is 11.4 Å². The van der Waals surface area contributed by atoms with Crippen molar-refractivity contribution in [2.24, 2.45) is 0 Å². The van der Waals surface area contributed by atoms with Crippen molar-refractivity contribution in [2.45, 2.75) is 20.8 Å². The number of nitrogens with zero attached hydrogens (tertiary/aromatic N) is 1. The molecule has 0 radical (unpaired) electrons. The molecule has 0 saturated heterocycles. The molecule has 3 aromatic rings. The van der Waals surface area contributed by atoms with Gasteiger partial charge in [0.15, 0.2) is 12.4 Å². The molecular weight excluding hydrogens is 392 g/mol. The van der Waals surface area contributed by atoms with E-state index < -0.39 is 16.5 Å². The third kappa shape index (κ3) is 4.09. The van der Waals surface area contributed by atoms with Gasteiger partial charge in [-0.2, -0.15) is 0 Å². The molecule has 0 unspecified atom stereocenters. The highest BCUT2D eigenvalue weighted by Crippen LogP contribution is 2.33. The van der Waals surface area contributed by atoms with Crippen LogP contribution in [0.5, 0.6) is 11.5 Å². The molecule has 9 heteroatoms. The SMILES string of the molecule is COc1cc(NC(=O)COc2ccc3c(C)cc(=O)oc3c2C)c(C)cc1[N+](=O)[O-]. The molecule has 0 spiro atoms. The van der Waals surface area contributed by atoms with Crippen molar-refractivity contribution >= 4 is 28.3 Å². The summed E-state index contributed by atoms with van der Waals surface area (Å²) in [6.45, 7) is 4.89. The van der Waals surface area contributed by atoms with E-state index in [0.29, 0.717) is 28.1 Å². The van der Waals surface area contributed by atoms with E-state index in [0.717, 1.165) is 10.9 Å². The number of hydrogen-bond acceptors (Lipinski definition) is 7. The first-order chi connectivity index (χ1) is 14.2. The number of nitrogens with one attached hydrogen (secondary N) is 1. The van der Waals surface area contributed by atoms with Gasteiger partial charge in [0.05, 0.1) is 12.0 Å². The van der Waals surface area contributed by atoms with E-state index in [2.05, 4.69) is 5.32 Å². The zero-order chi connectivity index (χ0) is 22.0. The summed E-state index contributed by atoms with van der Waals surface area (Å²) in [7, 11) is 1.31. The number of rotatable bonds is 6. The average Bonchev–Trinajstić information content (AvgIpc) is 2.69. The Labute approximate surface area is 171 Å². The third-order valence-corrected chi connectivity index (χ3v) is 4.67. The maximum Gasteiger partial charge on any atom is 0.336 e. The number of carbonyl (C=O) groups is 1. The predicted molar refractivity (Wildman–Crippen MR) is 110 cm³/mol. The van der Waals surface area contributed by atoms with Gasteiger partial charge in [0.2, 0.25) is 0 Å². The minimum absolute atomic E-state index is 0.0394. The molecule has 1 aromatic heterocycles. The van der Waals surface area contributed by atoms with Crippen molar-refractivity contribution in [3.8, 4) is 11.5 Å². The summed E-state index contributed by atoms with van der Waals surface area (Å²) in [6.07, 6.45) is 0. The highest BCUT2D eigenvalue weighted by atomic mass is 16.6. The van der Waals surface area contributed by atoms with Gasteiger partial charge in [-0.1, -0.05) is 0 Å². The Bertz CT molecular complexity index is 1210. The minimum atomic E-state index is -0.552. The quantitative estimate of drug-likeness (QED) is 0.373. The molecule has 1 N–H and O–H groups in total. The summed E-state index contributed by atoms with van der Waals surface area (Å²) in [5.41, 5.74) is 2.05. The number of benzene rings is 2. The zero-order valence-electron chi connectivity index (χ0n) is 16.9. The molecule has 9 nitrogen and oxygen atoms in total. The van der Waals surface area contributed by atoms with Crippen molar-refractivity contribution in [1.82, 2.24) is 0 Å². The molecule has 30 heavy (non-hydrogen) atoms. The standard InChI is InChI=1S/C21H20N2O7/c1-11-8-20(25)30-21-13(3)17(6-5-14(11)21)29-10-19(24)22-15-9-18(28-4)16(23(26)27)7-12(15)2/h5-9H,10H2,1-4H3,(H,22,24). The number of methoxy groups -OCH3 is 1. The second-order valence-electron chi connectivity index (χ2n) is 6.75. The van der Waals surface area contributed by atoms with E-state index in [9.17, 15) is 19.7 Å². The van der Waals surface area contributed by atoms with Crippen LogP contribution in [0.3, 0.4) is 0 Å². The van der Waals surface area contributed by atoms with Gasteiger partial charge in [-0.25, -0.2) is 4.79 Å². The van der Waals surface area contributed by atoms with E-state index in [-0.39, 0.29) is 18.0 Å². The fourth-order valence-electron chi connectivity index (χ4n) is 3.10. The fraction of sp³-hybridized carbons (Fsp3) is 0.238. The van der Waals surface area contributed by atoms with Crippen LogP contribution in [-0.2, 0) is 4.79 Å². The summed E-state index contributed by atoms with van der Waals surface area (Å²) in [5, 5.41) is 14.5. The predicted octanol–water partition coefficient (Wildman–Crippen LogP) is 3.65. The van der Waals surface area contributed by atoms with Gasteiger partial charge in [0, 0.05) is 34.8 Å². The van der Waals surface area contributed by atoms with Gasteiger partial charge in [0.25, 0.3) is 5.91 Å². The third-order valence-electron chi connectivity index (χ3n) is 4.67. The number of hydrogen-bond donors (Lipinski definition) is 1. The molecule has 0 aliphatic rings. The van der Waals surface area contributed by atoms with Gasteiger partial charge >= 0.3 is 11.3 Å². The minimum Gasteiger partial charge on any atom is -0.490 e. The highest BCUT2D eigenvalue weighted by molar-refractivity contribution is 5.93. The summed E-state index contributed by atoms with van der Waals surface area (Å²) in [5.74, 6) is -0.0128. The first kappa shape index (κ1) is 20.8. The molecule has 156 valence electrons. The number of fused-ring (bicyclic) bond motifs is 1. The number of nitro groups is 1. The van der Waals surface area contributed by atoms with E-state index >= 15 is 0 Å². The summed E-state index contributed by atoms with van der Waals surface area (Å²) in [6, 6.07) is 7.60. The molecule has 2 aromatic carbocycles. The lowest BCUT2D eigenvalue weighted by Crippen LogP contribution is -2.21. The number of amides is 1. The van der Waals surface area contributed by atoms with Crippen LogP contribution >= 0.6 is 0 Å². The Morgan fingerprint density at radius 2 is 1.87 bits per heavy atom. The molecule has 3 rings (SSSR count). The Balaban J connectivity index is 1.77. The van der Waals surface area contributed by atoms with Gasteiger partial charge in [0.1, 0.15) is 11.3 Å². The maximum atomic E-state index is 12.4. The van der Waals surface area contributed by atoms with E-state index in [1.807, 2.05) is 6.92 Å². The van der Waals surface area contributed by atoms with E-state index in [1.54, 1.807) is 26.0 Å². The Kier molecular flexibility index (Phi) is 5.72. The van der Waals surface area contributed by atoms with Crippen molar-refractivity contribution in [2.75, 3.05) is 19.0 Å². The Hall–Kier alpha value is -3.88. The Morgan fingerprint density at radius 1 is 1.13 bits per heavy atom. The van der Waals surface area contributed by atoms with Crippen LogP contribution in [0.1, 0.15) is 16.7 Å². The normalized spacial score (nSPS) is 10.7.